The summed E-state index contributed by atoms with van der Waals surface area (Å²) in [6, 6.07) is 8.27. The van der Waals surface area contributed by atoms with Crippen LogP contribution in [-0.4, -0.2) is 45.6 Å². The topological polar surface area (TPSA) is 67.5 Å². The standard InChI is InChI=1S/C24H34BN3O3/c1-16(2)14-21(29)28-13-7-8-20(28)22-26-15-19(27-22)17-9-11-18(12-10-17)25-30-23(3,4)24(5,6)31-25/h9-12,15-16,20H,7-8,13-14H2,1-6H3,(H,26,27). The Morgan fingerprint density at radius 3 is 2.45 bits per heavy atom. The summed E-state index contributed by atoms with van der Waals surface area (Å²) in [6.45, 7) is 13.2. The van der Waals surface area contributed by atoms with E-state index in [2.05, 4.69) is 63.6 Å². The number of hydrogen-bond donors (Lipinski definition) is 1. The molecule has 6 nitrogen and oxygen atoms in total. The van der Waals surface area contributed by atoms with E-state index in [1.807, 2.05) is 23.2 Å². The molecule has 1 aromatic heterocycles. The normalized spacial score (nSPS) is 22.5. The van der Waals surface area contributed by atoms with Gasteiger partial charge in [-0.3, -0.25) is 4.79 Å². The summed E-state index contributed by atoms with van der Waals surface area (Å²) in [5, 5.41) is 0. The predicted octanol–water partition coefficient (Wildman–Crippen LogP) is 4.09. The number of likely N-dealkylation sites (tertiary alicyclic amines) is 1. The Morgan fingerprint density at radius 2 is 1.84 bits per heavy atom. The van der Waals surface area contributed by atoms with Gasteiger partial charge in [0.1, 0.15) is 5.82 Å². The Kier molecular flexibility index (Phi) is 5.77. The van der Waals surface area contributed by atoms with Crippen molar-refractivity contribution >= 4 is 18.5 Å². The highest BCUT2D eigenvalue weighted by molar-refractivity contribution is 6.62. The number of aromatic amines is 1. The molecule has 31 heavy (non-hydrogen) atoms. The average molecular weight is 423 g/mol. The number of nitrogens with one attached hydrogen (secondary N) is 1. The third-order valence-corrected chi connectivity index (χ3v) is 6.81. The summed E-state index contributed by atoms with van der Waals surface area (Å²) in [5.41, 5.74) is 2.31. The van der Waals surface area contributed by atoms with Crippen molar-refractivity contribution < 1.29 is 14.1 Å². The van der Waals surface area contributed by atoms with Gasteiger partial charge in [-0.25, -0.2) is 4.98 Å². The van der Waals surface area contributed by atoms with Gasteiger partial charge in [-0.1, -0.05) is 38.1 Å². The van der Waals surface area contributed by atoms with Crippen molar-refractivity contribution in [3.63, 3.8) is 0 Å². The molecule has 1 N–H and O–H groups in total. The van der Waals surface area contributed by atoms with Gasteiger partial charge in [-0.15, -0.1) is 0 Å². The number of benzene rings is 1. The highest BCUT2D eigenvalue weighted by Gasteiger charge is 2.51. The third-order valence-electron chi connectivity index (χ3n) is 6.81. The van der Waals surface area contributed by atoms with Crippen molar-refractivity contribution in [2.24, 2.45) is 5.92 Å². The van der Waals surface area contributed by atoms with Crippen LogP contribution in [0.4, 0.5) is 0 Å². The number of rotatable bonds is 5. The molecule has 2 aliphatic rings. The maximum atomic E-state index is 12.6. The van der Waals surface area contributed by atoms with Gasteiger partial charge < -0.3 is 19.2 Å². The van der Waals surface area contributed by atoms with E-state index in [1.165, 1.54) is 0 Å². The molecule has 2 saturated heterocycles. The molecule has 0 saturated carbocycles. The largest absolute Gasteiger partial charge is 0.494 e. The molecule has 0 spiro atoms. The predicted molar refractivity (Wildman–Crippen MR) is 123 cm³/mol. The van der Waals surface area contributed by atoms with Gasteiger partial charge in [0.15, 0.2) is 0 Å². The molecule has 1 aromatic carbocycles. The van der Waals surface area contributed by atoms with E-state index in [1.54, 1.807) is 0 Å². The van der Waals surface area contributed by atoms with Crippen LogP contribution in [0, 0.1) is 5.92 Å². The molecule has 166 valence electrons. The monoisotopic (exact) mass is 423 g/mol. The van der Waals surface area contributed by atoms with Crippen molar-refractivity contribution in [3.8, 4) is 11.3 Å². The first-order valence-corrected chi connectivity index (χ1v) is 11.4. The number of hydrogen-bond acceptors (Lipinski definition) is 4. The quantitative estimate of drug-likeness (QED) is 0.736. The summed E-state index contributed by atoms with van der Waals surface area (Å²) in [7, 11) is -0.365. The molecular weight excluding hydrogens is 389 g/mol. The van der Waals surface area contributed by atoms with E-state index in [-0.39, 0.29) is 30.3 Å². The second-order valence-corrected chi connectivity index (χ2v) is 10.2. The minimum Gasteiger partial charge on any atom is -0.399 e. The summed E-state index contributed by atoms with van der Waals surface area (Å²) in [4.78, 5) is 22.7. The van der Waals surface area contributed by atoms with Crippen LogP contribution in [0.1, 0.15) is 72.7 Å². The van der Waals surface area contributed by atoms with Crippen LogP contribution in [0.5, 0.6) is 0 Å². The van der Waals surface area contributed by atoms with E-state index in [4.69, 9.17) is 9.31 Å². The molecule has 0 radical (unpaired) electrons. The fourth-order valence-corrected chi connectivity index (χ4v) is 4.27. The number of carbonyl (C=O) groups is 1. The van der Waals surface area contributed by atoms with Crippen LogP contribution < -0.4 is 5.46 Å². The van der Waals surface area contributed by atoms with Gasteiger partial charge in [-0.05, 0) is 57.5 Å². The molecule has 7 heteroatoms. The lowest BCUT2D eigenvalue weighted by atomic mass is 9.79. The molecule has 0 aliphatic carbocycles. The fourth-order valence-electron chi connectivity index (χ4n) is 4.27. The van der Waals surface area contributed by atoms with Crippen LogP contribution >= 0.6 is 0 Å². The lowest BCUT2D eigenvalue weighted by Gasteiger charge is -2.32. The van der Waals surface area contributed by atoms with Crippen LogP contribution in [0.15, 0.2) is 30.5 Å². The second-order valence-electron chi connectivity index (χ2n) is 10.2. The molecule has 0 bridgehead atoms. The Labute approximate surface area is 185 Å². The molecule has 3 heterocycles. The van der Waals surface area contributed by atoms with E-state index in [0.717, 1.165) is 41.9 Å². The minimum absolute atomic E-state index is 0.0454. The van der Waals surface area contributed by atoms with E-state index in [0.29, 0.717) is 12.3 Å². The smallest absolute Gasteiger partial charge is 0.399 e. The highest BCUT2D eigenvalue weighted by atomic mass is 16.7. The second kappa shape index (κ2) is 8.10. The highest BCUT2D eigenvalue weighted by Crippen LogP contribution is 2.37. The van der Waals surface area contributed by atoms with Gasteiger partial charge in [-0.2, -0.15) is 0 Å². The van der Waals surface area contributed by atoms with E-state index >= 15 is 0 Å². The third kappa shape index (κ3) is 4.30. The first-order valence-electron chi connectivity index (χ1n) is 11.4. The number of nitrogens with zero attached hydrogens (tertiary/aromatic N) is 2. The molecule has 1 amide bonds. The first kappa shape index (κ1) is 22.1. The fraction of sp³-hybridized carbons (Fsp3) is 0.583. The zero-order chi connectivity index (χ0) is 22.4. The van der Waals surface area contributed by atoms with Crippen molar-refractivity contribution in [2.45, 2.75) is 78.0 Å². The summed E-state index contributed by atoms with van der Waals surface area (Å²) in [6.07, 6.45) is 4.43. The Bertz CT molecular complexity index is 920. The van der Waals surface area contributed by atoms with Gasteiger partial charge in [0.2, 0.25) is 5.91 Å². The van der Waals surface area contributed by atoms with Crippen molar-refractivity contribution in [3.05, 3.63) is 36.3 Å². The van der Waals surface area contributed by atoms with Crippen molar-refractivity contribution in [1.29, 1.82) is 0 Å². The number of H-pyrrole nitrogens is 1. The SMILES string of the molecule is CC(C)CC(=O)N1CCCC1c1ncc(-c2ccc(B3OC(C)(C)C(C)(C)O3)cc2)[nH]1. The van der Waals surface area contributed by atoms with Crippen LogP contribution in [-0.2, 0) is 14.1 Å². The zero-order valence-corrected chi connectivity index (χ0v) is 19.6. The average Bonchev–Trinajstić information content (AvgIpc) is 3.39. The lowest BCUT2D eigenvalue weighted by molar-refractivity contribution is -0.133. The van der Waals surface area contributed by atoms with Gasteiger partial charge in [0.05, 0.1) is 29.1 Å². The van der Waals surface area contributed by atoms with Gasteiger partial charge in [0.25, 0.3) is 0 Å². The number of amides is 1. The number of aromatic nitrogens is 2. The van der Waals surface area contributed by atoms with Crippen molar-refractivity contribution in [1.82, 2.24) is 14.9 Å². The molecular formula is C24H34BN3O3. The molecule has 1 atom stereocenters. The molecule has 2 aromatic rings. The van der Waals surface area contributed by atoms with Crippen LogP contribution in [0.3, 0.4) is 0 Å². The maximum absolute atomic E-state index is 12.6. The summed E-state index contributed by atoms with van der Waals surface area (Å²) >= 11 is 0. The Hall–Kier alpha value is -2.12. The number of carbonyl (C=O) groups excluding carboxylic acids is 1. The molecule has 2 fully saturated rings. The van der Waals surface area contributed by atoms with Gasteiger partial charge >= 0.3 is 7.12 Å². The van der Waals surface area contributed by atoms with Gasteiger partial charge in [0, 0.05) is 13.0 Å². The molecule has 2 aliphatic heterocycles. The minimum atomic E-state index is -0.365. The Morgan fingerprint density at radius 1 is 1.19 bits per heavy atom. The molecule has 4 rings (SSSR count). The van der Waals surface area contributed by atoms with E-state index in [9.17, 15) is 4.79 Å². The first-order chi connectivity index (χ1) is 14.6. The number of imidazole rings is 1. The Balaban J connectivity index is 1.48. The summed E-state index contributed by atoms with van der Waals surface area (Å²) < 4.78 is 12.3. The summed E-state index contributed by atoms with van der Waals surface area (Å²) in [5.74, 6) is 1.46. The molecule has 1 unspecified atom stereocenters. The van der Waals surface area contributed by atoms with Crippen LogP contribution in [0.2, 0.25) is 0 Å². The lowest BCUT2D eigenvalue weighted by Crippen LogP contribution is -2.41. The maximum Gasteiger partial charge on any atom is 0.494 e. The zero-order valence-electron chi connectivity index (χ0n) is 19.6. The van der Waals surface area contributed by atoms with E-state index < -0.39 is 0 Å². The van der Waals surface area contributed by atoms with Crippen molar-refractivity contribution in [2.75, 3.05) is 6.54 Å². The van der Waals surface area contributed by atoms with Crippen LogP contribution in [0.25, 0.3) is 11.3 Å².